The lowest BCUT2D eigenvalue weighted by Crippen LogP contribution is -2.27. The van der Waals surface area contributed by atoms with Crippen molar-refractivity contribution in [3.63, 3.8) is 0 Å². The third-order valence-corrected chi connectivity index (χ3v) is 2.41. The van der Waals surface area contributed by atoms with E-state index in [1.165, 1.54) is 6.08 Å². The van der Waals surface area contributed by atoms with E-state index in [0.29, 0.717) is 24.7 Å². The average molecular weight is 293 g/mol. The molecule has 1 amide bonds. The van der Waals surface area contributed by atoms with Crippen LogP contribution in [0.1, 0.15) is 19.4 Å². The summed E-state index contributed by atoms with van der Waals surface area (Å²) in [7, 11) is 0. The normalized spacial score (nSPS) is 10.4. The van der Waals surface area contributed by atoms with Crippen molar-refractivity contribution >= 4 is 18.0 Å². The first-order valence-corrected chi connectivity index (χ1v) is 6.64. The molecule has 0 atom stereocenters. The molecule has 2 N–H and O–H groups in total. The second-order valence-electron chi connectivity index (χ2n) is 4.02. The van der Waals surface area contributed by atoms with Crippen molar-refractivity contribution in [2.24, 2.45) is 0 Å². The Morgan fingerprint density at radius 1 is 1.19 bits per heavy atom. The van der Waals surface area contributed by atoms with Gasteiger partial charge in [-0.3, -0.25) is 9.59 Å². The molecule has 0 aromatic heterocycles. The first-order chi connectivity index (χ1) is 10.1. The predicted octanol–water partition coefficient (Wildman–Crippen LogP) is 1.70. The smallest absolute Gasteiger partial charge is 0.322 e. The lowest BCUT2D eigenvalue weighted by atomic mass is 10.2. The minimum atomic E-state index is -1.09. The molecule has 0 saturated carbocycles. The molecule has 1 aromatic rings. The van der Waals surface area contributed by atoms with Gasteiger partial charge in [0.1, 0.15) is 6.54 Å². The molecule has 21 heavy (non-hydrogen) atoms. The molecular weight excluding hydrogens is 274 g/mol. The van der Waals surface area contributed by atoms with E-state index in [4.69, 9.17) is 14.6 Å². The third kappa shape index (κ3) is 5.99. The third-order valence-electron chi connectivity index (χ3n) is 2.41. The van der Waals surface area contributed by atoms with Crippen molar-refractivity contribution in [3.8, 4) is 11.5 Å². The van der Waals surface area contributed by atoms with E-state index in [-0.39, 0.29) is 0 Å². The van der Waals surface area contributed by atoms with E-state index in [1.54, 1.807) is 24.3 Å². The number of carbonyl (C=O) groups excluding carboxylic acids is 1. The summed E-state index contributed by atoms with van der Waals surface area (Å²) in [6.45, 7) is 4.39. The molecule has 0 bridgehead atoms. The van der Waals surface area contributed by atoms with Crippen LogP contribution in [0, 0.1) is 0 Å². The number of carbonyl (C=O) groups is 2. The maximum atomic E-state index is 11.4. The lowest BCUT2D eigenvalue weighted by molar-refractivity contribution is -0.137. The van der Waals surface area contributed by atoms with Crippen molar-refractivity contribution in [1.29, 1.82) is 0 Å². The highest BCUT2D eigenvalue weighted by Gasteiger charge is 2.05. The Balaban J connectivity index is 2.76. The summed E-state index contributed by atoms with van der Waals surface area (Å²) in [6, 6.07) is 5.31. The summed E-state index contributed by atoms with van der Waals surface area (Å²) < 4.78 is 10.9. The van der Waals surface area contributed by atoms with E-state index in [9.17, 15) is 9.59 Å². The molecular formula is C15H19NO5. The van der Waals surface area contributed by atoms with Crippen LogP contribution in [-0.4, -0.2) is 36.7 Å². The monoisotopic (exact) mass is 293 g/mol. The Hall–Kier alpha value is -2.50. The van der Waals surface area contributed by atoms with E-state index in [0.717, 1.165) is 5.56 Å². The number of carboxylic acids is 1. The molecule has 0 heterocycles. The lowest BCUT2D eigenvalue weighted by Gasteiger charge is -2.11. The molecule has 0 saturated heterocycles. The zero-order chi connectivity index (χ0) is 15.7. The van der Waals surface area contributed by atoms with Crippen molar-refractivity contribution in [2.45, 2.75) is 13.8 Å². The zero-order valence-corrected chi connectivity index (χ0v) is 12.1. The molecule has 6 nitrogen and oxygen atoms in total. The number of amides is 1. The minimum Gasteiger partial charge on any atom is -0.490 e. The molecule has 0 aliphatic heterocycles. The van der Waals surface area contributed by atoms with Gasteiger partial charge in [-0.15, -0.1) is 0 Å². The minimum absolute atomic E-state index is 0.406. The molecule has 0 radical (unpaired) electrons. The molecule has 0 fully saturated rings. The first kappa shape index (κ1) is 16.6. The SMILES string of the molecule is CCOc1ccc(/C=C/C(=O)NCC(=O)O)cc1OCC. The topological polar surface area (TPSA) is 84.9 Å². The molecule has 114 valence electrons. The van der Waals surface area contributed by atoms with Gasteiger partial charge >= 0.3 is 5.97 Å². The molecule has 6 heteroatoms. The second-order valence-corrected chi connectivity index (χ2v) is 4.02. The summed E-state index contributed by atoms with van der Waals surface area (Å²) in [5, 5.41) is 10.7. The highest BCUT2D eigenvalue weighted by Crippen LogP contribution is 2.28. The summed E-state index contributed by atoms with van der Waals surface area (Å²) in [5.74, 6) is -0.306. The van der Waals surface area contributed by atoms with Crippen molar-refractivity contribution in [1.82, 2.24) is 5.32 Å². The van der Waals surface area contributed by atoms with Gasteiger partial charge < -0.3 is 19.9 Å². The summed E-state index contributed by atoms with van der Waals surface area (Å²) in [5.41, 5.74) is 0.757. The molecule has 1 rings (SSSR count). The Labute approximate surface area is 123 Å². The van der Waals surface area contributed by atoms with Gasteiger partial charge in [-0.2, -0.15) is 0 Å². The molecule has 0 unspecified atom stereocenters. The van der Waals surface area contributed by atoms with E-state index < -0.39 is 18.4 Å². The van der Waals surface area contributed by atoms with Gasteiger partial charge in [-0.25, -0.2) is 0 Å². The van der Waals surface area contributed by atoms with Crippen LogP contribution in [0.25, 0.3) is 6.08 Å². The number of rotatable bonds is 8. The van der Waals surface area contributed by atoms with Gasteiger partial charge in [0.15, 0.2) is 11.5 Å². The van der Waals surface area contributed by atoms with E-state index in [2.05, 4.69) is 5.32 Å². The summed E-state index contributed by atoms with van der Waals surface area (Å²) in [6.07, 6.45) is 2.85. The van der Waals surface area contributed by atoms with Crippen LogP contribution in [0.3, 0.4) is 0 Å². The van der Waals surface area contributed by atoms with Crippen molar-refractivity contribution < 1.29 is 24.2 Å². The highest BCUT2D eigenvalue weighted by molar-refractivity contribution is 5.93. The molecule has 0 aliphatic rings. The number of hydrogen-bond acceptors (Lipinski definition) is 4. The van der Waals surface area contributed by atoms with Crippen LogP contribution in [0.2, 0.25) is 0 Å². The highest BCUT2D eigenvalue weighted by atomic mass is 16.5. The molecule has 0 aliphatic carbocycles. The Morgan fingerprint density at radius 2 is 1.86 bits per heavy atom. The number of nitrogens with one attached hydrogen (secondary N) is 1. The average Bonchev–Trinajstić information content (AvgIpc) is 2.45. The number of hydrogen-bond donors (Lipinski definition) is 2. The first-order valence-electron chi connectivity index (χ1n) is 6.64. The van der Waals surface area contributed by atoms with Crippen LogP contribution in [0.5, 0.6) is 11.5 Å². The van der Waals surface area contributed by atoms with Gasteiger partial charge in [-0.1, -0.05) is 6.07 Å². The maximum absolute atomic E-state index is 11.4. The van der Waals surface area contributed by atoms with Gasteiger partial charge in [0.05, 0.1) is 13.2 Å². The van der Waals surface area contributed by atoms with Crippen LogP contribution in [0.15, 0.2) is 24.3 Å². The fraction of sp³-hybridized carbons (Fsp3) is 0.333. The predicted molar refractivity (Wildman–Crippen MR) is 78.5 cm³/mol. The number of carboxylic acid groups (broad SMARTS) is 1. The van der Waals surface area contributed by atoms with Crippen molar-refractivity contribution in [3.05, 3.63) is 29.8 Å². The standard InChI is InChI=1S/C15H19NO5/c1-3-20-12-7-5-11(9-13(12)21-4-2)6-8-14(17)16-10-15(18)19/h5-9H,3-4,10H2,1-2H3,(H,16,17)(H,18,19)/b8-6+. The Bertz CT molecular complexity index is 525. The number of aliphatic carboxylic acids is 1. The Kier molecular flexibility index (Phi) is 6.80. The fourth-order valence-corrected chi connectivity index (χ4v) is 1.56. The van der Waals surface area contributed by atoms with Gasteiger partial charge in [0, 0.05) is 6.08 Å². The second kappa shape index (κ2) is 8.63. The number of ether oxygens (including phenoxy) is 2. The van der Waals surface area contributed by atoms with Crippen LogP contribution in [-0.2, 0) is 9.59 Å². The van der Waals surface area contributed by atoms with Gasteiger partial charge in [-0.05, 0) is 37.6 Å². The van der Waals surface area contributed by atoms with Gasteiger partial charge in [0.2, 0.25) is 5.91 Å². The van der Waals surface area contributed by atoms with Crippen LogP contribution in [0.4, 0.5) is 0 Å². The quantitative estimate of drug-likeness (QED) is 0.713. The number of benzene rings is 1. The largest absolute Gasteiger partial charge is 0.490 e. The van der Waals surface area contributed by atoms with E-state index in [1.807, 2.05) is 13.8 Å². The summed E-state index contributed by atoms with van der Waals surface area (Å²) in [4.78, 5) is 21.7. The molecule has 1 aromatic carbocycles. The van der Waals surface area contributed by atoms with Crippen LogP contribution >= 0.6 is 0 Å². The summed E-state index contributed by atoms with van der Waals surface area (Å²) >= 11 is 0. The zero-order valence-electron chi connectivity index (χ0n) is 12.1. The maximum Gasteiger partial charge on any atom is 0.322 e. The molecule has 0 spiro atoms. The fourth-order valence-electron chi connectivity index (χ4n) is 1.56. The van der Waals surface area contributed by atoms with E-state index >= 15 is 0 Å². The van der Waals surface area contributed by atoms with Crippen molar-refractivity contribution in [2.75, 3.05) is 19.8 Å². The van der Waals surface area contributed by atoms with Crippen LogP contribution < -0.4 is 14.8 Å². The Morgan fingerprint density at radius 3 is 2.48 bits per heavy atom. The van der Waals surface area contributed by atoms with Gasteiger partial charge in [0.25, 0.3) is 0 Å².